The second-order valence-corrected chi connectivity index (χ2v) is 6.79. The normalized spacial score (nSPS) is 11.8. The van der Waals surface area contributed by atoms with Gasteiger partial charge in [-0.15, -0.1) is 0 Å². The number of nitrogen functional groups attached to an aromatic ring is 1. The van der Waals surface area contributed by atoms with Crippen molar-refractivity contribution in [1.82, 2.24) is 19.5 Å². The van der Waals surface area contributed by atoms with Crippen molar-refractivity contribution in [3.05, 3.63) is 42.5 Å². The molecule has 0 bridgehead atoms. The molecule has 10 heteroatoms. The average molecular weight is 349 g/mol. The smallest absolute Gasteiger partial charge is 0.330 e. The minimum Gasteiger partial charge on any atom is -0.491 e. The Bertz CT molecular complexity index is 907. The van der Waals surface area contributed by atoms with Crippen molar-refractivity contribution in [2.45, 2.75) is 12.7 Å². The fourth-order valence-electron chi connectivity index (χ4n) is 2.31. The van der Waals surface area contributed by atoms with Gasteiger partial charge >= 0.3 is 7.60 Å². The summed E-state index contributed by atoms with van der Waals surface area (Å²) in [6.45, 7) is 0.741. The maximum Gasteiger partial charge on any atom is 0.330 e. The molecule has 0 unspecified atom stereocenters. The number of ether oxygens (including phenoxy) is 1. The molecule has 0 aliphatic heterocycles. The zero-order valence-corrected chi connectivity index (χ0v) is 13.5. The van der Waals surface area contributed by atoms with Gasteiger partial charge in [0.25, 0.3) is 0 Å². The lowest BCUT2D eigenvalue weighted by Crippen LogP contribution is -2.09. The summed E-state index contributed by atoms with van der Waals surface area (Å²) in [6, 6.07) is 6.77. The molecule has 2 aromatic heterocycles. The molecule has 24 heavy (non-hydrogen) atoms. The third-order valence-corrected chi connectivity index (χ3v) is 4.12. The molecule has 0 fully saturated rings. The molecular weight excluding hydrogens is 333 g/mol. The van der Waals surface area contributed by atoms with Gasteiger partial charge in [0, 0.05) is 5.56 Å². The lowest BCUT2D eigenvalue weighted by Gasteiger charge is -2.12. The van der Waals surface area contributed by atoms with Crippen molar-refractivity contribution < 1.29 is 19.1 Å². The standard InChI is InChI=1S/C14H16N5O4P/c15-13-12-14(17-8-16-13)19(9-18-12)5-6-23-11-4-2-1-3-10(11)7-24(20,21)22/h1-4,8-9H,5-7H2,(H2,15,16,17)(H2,20,21,22). The van der Waals surface area contributed by atoms with Crippen molar-refractivity contribution in [3.63, 3.8) is 0 Å². The van der Waals surface area contributed by atoms with Crippen LogP contribution in [0.15, 0.2) is 36.9 Å². The lowest BCUT2D eigenvalue weighted by molar-refractivity contribution is 0.296. The van der Waals surface area contributed by atoms with Gasteiger partial charge in [0.2, 0.25) is 0 Å². The molecule has 2 heterocycles. The van der Waals surface area contributed by atoms with Crippen molar-refractivity contribution in [2.75, 3.05) is 12.3 Å². The zero-order valence-electron chi connectivity index (χ0n) is 12.6. The Labute approximate surface area is 137 Å². The highest BCUT2D eigenvalue weighted by atomic mass is 31.2. The summed E-state index contributed by atoms with van der Waals surface area (Å²) >= 11 is 0. The number of benzene rings is 1. The molecule has 0 saturated carbocycles. The molecule has 0 aliphatic rings. The summed E-state index contributed by atoms with van der Waals surface area (Å²) in [4.78, 5) is 30.5. The molecule has 0 radical (unpaired) electrons. The van der Waals surface area contributed by atoms with E-state index >= 15 is 0 Å². The van der Waals surface area contributed by atoms with Gasteiger partial charge in [-0.2, -0.15) is 0 Å². The molecule has 4 N–H and O–H groups in total. The van der Waals surface area contributed by atoms with Crippen LogP contribution in [0.5, 0.6) is 5.75 Å². The third kappa shape index (κ3) is 3.70. The van der Waals surface area contributed by atoms with Gasteiger partial charge < -0.3 is 24.8 Å². The molecule has 0 spiro atoms. The highest BCUT2D eigenvalue weighted by Gasteiger charge is 2.17. The number of rotatable bonds is 6. The predicted molar refractivity (Wildman–Crippen MR) is 87.4 cm³/mol. The van der Waals surface area contributed by atoms with E-state index in [9.17, 15) is 4.57 Å². The molecule has 0 saturated heterocycles. The van der Waals surface area contributed by atoms with Crippen LogP contribution < -0.4 is 10.5 Å². The summed E-state index contributed by atoms with van der Waals surface area (Å²) in [7, 11) is -4.16. The van der Waals surface area contributed by atoms with Crippen LogP contribution in [0.3, 0.4) is 0 Å². The highest BCUT2D eigenvalue weighted by molar-refractivity contribution is 7.50. The topological polar surface area (TPSA) is 136 Å². The molecule has 0 amide bonds. The number of nitrogens with zero attached hydrogens (tertiary/aromatic N) is 4. The number of aromatic nitrogens is 4. The predicted octanol–water partition coefficient (Wildman–Crippen LogP) is 1.17. The summed E-state index contributed by atoms with van der Waals surface area (Å²) in [5, 5.41) is 0. The van der Waals surface area contributed by atoms with Crippen LogP contribution in [0.2, 0.25) is 0 Å². The van der Waals surface area contributed by atoms with E-state index in [2.05, 4.69) is 15.0 Å². The van der Waals surface area contributed by atoms with Crippen LogP contribution in [0, 0.1) is 0 Å². The molecule has 9 nitrogen and oxygen atoms in total. The van der Waals surface area contributed by atoms with Gasteiger partial charge in [-0.3, -0.25) is 4.57 Å². The summed E-state index contributed by atoms with van der Waals surface area (Å²) in [5.74, 6) is 0.756. The van der Waals surface area contributed by atoms with E-state index in [0.29, 0.717) is 34.8 Å². The molecule has 1 aromatic carbocycles. The molecule has 3 aromatic rings. The Morgan fingerprint density at radius 3 is 2.79 bits per heavy atom. The Morgan fingerprint density at radius 1 is 1.21 bits per heavy atom. The molecule has 0 aliphatic carbocycles. The molecular formula is C14H16N5O4P. The third-order valence-electron chi connectivity index (χ3n) is 3.37. The van der Waals surface area contributed by atoms with Crippen LogP contribution in [0.1, 0.15) is 5.56 Å². The minimum atomic E-state index is -4.16. The maximum atomic E-state index is 11.2. The molecule has 0 atom stereocenters. The fraction of sp³-hybridized carbons (Fsp3) is 0.214. The first kappa shape index (κ1) is 16.4. The van der Waals surface area contributed by atoms with Gasteiger partial charge in [-0.25, -0.2) is 15.0 Å². The van der Waals surface area contributed by atoms with Crippen LogP contribution in [-0.4, -0.2) is 35.9 Å². The first-order valence-corrected chi connectivity index (χ1v) is 8.90. The van der Waals surface area contributed by atoms with E-state index in [1.165, 1.54) is 6.33 Å². The van der Waals surface area contributed by atoms with E-state index in [1.54, 1.807) is 35.2 Å². The van der Waals surface area contributed by atoms with Crippen LogP contribution >= 0.6 is 7.60 Å². The number of fused-ring (bicyclic) bond motifs is 1. The van der Waals surface area contributed by atoms with Gasteiger partial charge in [0.05, 0.1) is 19.0 Å². The number of hydrogen-bond donors (Lipinski definition) is 3. The SMILES string of the molecule is Nc1ncnc2c1ncn2CCOc1ccccc1CP(=O)(O)O. The Kier molecular flexibility index (Phi) is 4.48. The minimum absolute atomic E-state index is 0.285. The second kappa shape index (κ2) is 6.56. The summed E-state index contributed by atoms with van der Waals surface area (Å²) in [6.07, 6.45) is 2.60. The number of nitrogens with two attached hydrogens (primary N) is 1. The van der Waals surface area contributed by atoms with E-state index in [1.807, 2.05) is 0 Å². The number of imidazole rings is 1. The van der Waals surface area contributed by atoms with Gasteiger partial charge in [0.1, 0.15) is 24.2 Å². The maximum absolute atomic E-state index is 11.2. The van der Waals surface area contributed by atoms with E-state index in [0.717, 1.165) is 0 Å². The average Bonchev–Trinajstić information content (AvgIpc) is 2.92. The highest BCUT2D eigenvalue weighted by Crippen LogP contribution is 2.41. The molecule has 3 rings (SSSR count). The second-order valence-electron chi connectivity index (χ2n) is 5.15. The number of para-hydroxylation sites is 1. The van der Waals surface area contributed by atoms with E-state index in [-0.39, 0.29) is 12.8 Å². The summed E-state index contributed by atoms with van der Waals surface area (Å²) < 4.78 is 18.6. The van der Waals surface area contributed by atoms with Crippen LogP contribution in [-0.2, 0) is 17.3 Å². The van der Waals surface area contributed by atoms with Crippen LogP contribution in [0.4, 0.5) is 5.82 Å². The van der Waals surface area contributed by atoms with Gasteiger partial charge in [0.15, 0.2) is 11.5 Å². The van der Waals surface area contributed by atoms with Gasteiger partial charge in [-0.1, -0.05) is 18.2 Å². The van der Waals surface area contributed by atoms with Crippen molar-refractivity contribution >= 4 is 24.6 Å². The number of anilines is 1. The van der Waals surface area contributed by atoms with E-state index in [4.69, 9.17) is 20.3 Å². The largest absolute Gasteiger partial charge is 0.491 e. The Balaban J connectivity index is 1.70. The van der Waals surface area contributed by atoms with Crippen molar-refractivity contribution in [1.29, 1.82) is 0 Å². The van der Waals surface area contributed by atoms with Gasteiger partial charge in [-0.05, 0) is 6.07 Å². The zero-order chi connectivity index (χ0) is 17.2. The molecule has 126 valence electrons. The Hall–Kier alpha value is -2.48. The Morgan fingerprint density at radius 2 is 2.00 bits per heavy atom. The van der Waals surface area contributed by atoms with Crippen LogP contribution in [0.25, 0.3) is 11.2 Å². The lowest BCUT2D eigenvalue weighted by atomic mass is 10.2. The van der Waals surface area contributed by atoms with Crippen molar-refractivity contribution in [2.24, 2.45) is 0 Å². The summed E-state index contributed by atoms with van der Waals surface area (Å²) in [5.41, 5.74) is 7.33. The van der Waals surface area contributed by atoms with E-state index < -0.39 is 7.60 Å². The fourth-order valence-corrected chi connectivity index (χ4v) is 3.02. The number of hydrogen-bond acceptors (Lipinski definition) is 6. The quantitative estimate of drug-likeness (QED) is 0.564. The monoisotopic (exact) mass is 349 g/mol. The van der Waals surface area contributed by atoms with Crippen molar-refractivity contribution in [3.8, 4) is 5.75 Å². The first-order valence-electron chi connectivity index (χ1n) is 7.10. The first-order chi connectivity index (χ1) is 11.4.